The second-order valence-electron chi connectivity index (χ2n) is 7.44. The SMILES string of the molecule is Brc1cccc(Nc2ccc(CNCC3CCOCC3)c(C3CC3)n2)c1.O=CO. The number of halogens is 1. The van der Waals surface area contributed by atoms with Gasteiger partial charge in [-0.15, -0.1) is 0 Å². The Kier molecular flexibility index (Phi) is 8.46. The molecule has 0 unspecified atom stereocenters. The topological polar surface area (TPSA) is 83.5 Å². The van der Waals surface area contributed by atoms with Crippen LogP contribution in [-0.2, 0) is 16.1 Å². The summed E-state index contributed by atoms with van der Waals surface area (Å²) in [6.45, 7) is 3.56. The van der Waals surface area contributed by atoms with E-state index in [0.29, 0.717) is 5.92 Å². The molecular weight excluding hydrogens is 434 g/mol. The van der Waals surface area contributed by atoms with Crippen LogP contribution in [0.2, 0.25) is 0 Å². The quantitative estimate of drug-likeness (QED) is 0.519. The van der Waals surface area contributed by atoms with Gasteiger partial charge in [0.1, 0.15) is 5.82 Å². The van der Waals surface area contributed by atoms with Crippen molar-refractivity contribution in [1.29, 1.82) is 0 Å². The lowest BCUT2D eigenvalue weighted by atomic mass is 10.0. The van der Waals surface area contributed by atoms with Crippen molar-refractivity contribution >= 4 is 33.9 Å². The molecule has 1 saturated carbocycles. The predicted molar refractivity (Wildman–Crippen MR) is 118 cm³/mol. The van der Waals surface area contributed by atoms with Gasteiger partial charge in [-0.2, -0.15) is 0 Å². The summed E-state index contributed by atoms with van der Waals surface area (Å²) < 4.78 is 6.51. The van der Waals surface area contributed by atoms with Gasteiger partial charge in [-0.1, -0.05) is 28.1 Å². The van der Waals surface area contributed by atoms with Crippen molar-refractivity contribution in [3.8, 4) is 0 Å². The molecule has 6 nitrogen and oxygen atoms in total. The maximum atomic E-state index is 8.36. The fourth-order valence-corrected chi connectivity index (χ4v) is 3.91. The van der Waals surface area contributed by atoms with Crippen molar-refractivity contribution in [2.24, 2.45) is 5.92 Å². The molecule has 0 amide bonds. The molecule has 2 aromatic rings. The van der Waals surface area contributed by atoms with E-state index in [1.54, 1.807) is 0 Å². The first-order chi connectivity index (χ1) is 14.2. The van der Waals surface area contributed by atoms with Crippen molar-refractivity contribution < 1.29 is 14.6 Å². The van der Waals surface area contributed by atoms with Crippen LogP contribution in [-0.4, -0.2) is 36.3 Å². The Hall–Kier alpha value is -1.96. The zero-order valence-electron chi connectivity index (χ0n) is 16.4. The van der Waals surface area contributed by atoms with Crippen LogP contribution in [0.4, 0.5) is 11.5 Å². The summed E-state index contributed by atoms with van der Waals surface area (Å²) in [6, 6.07) is 12.5. The molecule has 0 bridgehead atoms. The van der Waals surface area contributed by atoms with Gasteiger partial charge in [0, 0.05) is 35.8 Å². The highest BCUT2D eigenvalue weighted by Gasteiger charge is 2.28. The molecule has 29 heavy (non-hydrogen) atoms. The summed E-state index contributed by atoms with van der Waals surface area (Å²) >= 11 is 3.52. The number of hydrogen-bond donors (Lipinski definition) is 3. The monoisotopic (exact) mass is 461 g/mol. The summed E-state index contributed by atoms with van der Waals surface area (Å²) in [5.74, 6) is 2.32. The van der Waals surface area contributed by atoms with Gasteiger partial charge < -0.3 is 20.5 Å². The highest BCUT2D eigenvalue weighted by atomic mass is 79.9. The van der Waals surface area contributed by atoms with Crippen molar-refractivity contribution in [1.82, 2.24) is 10.3 Å². The van der Waals surface area contributed by atoms with Crippen molar-refractivity contribution in [3.63, 3.8) is 0 Å². The molecule has 4 rings (SSSR count). The zero-order valence-corrected chi connectivity index (χ0v) is 18.0. The van der Waals surface area contributed by atoms with Gasteiger partial charge in [0.2, 0.25) is 0 Å². The summed E-state index contributed by atoms with van der Waals surface area (Å²) in [4.78, 5) is 13.3. The Bertz CT molecular complexity index is 793. The average Bonchev–Trinajstić information content (AvgIpc) is 3.56. The number of hydrogen-bond acceptors (Lipinski definition) is 5. The largest absolute Gasteiger partial charge is 0.483 e. The Morgan fingerprint density at radius 3 is 2.62 bits per heavy atom. The van der Waals surface area contributed by atoms with E-state index in [-0.39, 0.29) is 6.47 Å². The standard InChI is InChI=1S/C21H26BrN3O.CH2O2/c22-18-2-1-3-19(12-18)24-20-7-6-17(21(25-20)16-4-5-16)14-23-13-15-8-10-26-11-9-15;2-1-3/h1-3,6-7,12,15-16,23H,4-5,8-11,13-14H2,(H,24,25);1H,(H,2,3). The van der Waals surface area contributed by atoms with Crippen LogP contribution in [0.3, 0.4) is 0 Å². The van der Waals surface area contributed by atoms with Crippen LogP contribution in [0.15, 0.2) is 40.9 Å². The van der Waals surface area contributed by atoms with Gasteiger partial charge in [0.25, 0.3) is 6.47 Å². The number of benzene rings is 1. The van der Waals surface area contributed by atoms with E-state index in [1.807, 2.05) is 12.1 Å². The van der Waals surface area contributed by atoms with Crippen LogP contribution >= 0.6 is 15.9 Å². The molecular formula is C22H28BrN3O3. The number of anilines is 2. The lowest BCUT2D eigenvalue weighted by Crippen LogP contribution is -2.27. The Morgan fingerprint density at radius 1 is 1.17 bits per heavy atom. The van der Waals surface area contributed by atoms with Gasteiger partial charge in [-0.25, -0.2) is 4.98 Å². The zero-order chi connectivity index (χ0) is 20.5. The molecule has 2 fully saturated rings. The number of rotatable bonds is 7. The van der Waals surface area contributed by atoms with Gasteiger partial charge in [0.15, 0.2) is 0 Å². The van der Waals surface area contributed by atoms with Gasteiger partial charge in [-0.3, -0.25) is 4.79 Å². The van der Waals surface area contributed by atoms with E-state index >= 15 is 0 Å². The second-order valence-corrected chi connectivity index (χ2v) is 8.36. The molecule has 1 aliphatic heterocycles. The number of nitrogens with zero attached hydrogens (tertiary/aromatic N) is 1. The number of pyridine rings is 1. The lowest BCUT2D eigenvalue weighted by molar-refractivity contribution is -0.122. The molecule has 1 saturated heterocycles. The minimum Gasteiger partial charge on any atom is -0.483 e. The van der Waals surface area contributed by atoms with Crippen molar-refractivity contribution in [3.05, 3.63) is 52.1 Å². The Morgan fingerprint density at radius 2 is 1.93 bits per heavy atom. The maximum Gasteiger partial charge on any atom is 0.290 e. The van der Waals surface area contributed by atoms with E-state index in [2.05, 4.69) is 50.8 Å². The summed E-state index contributed by atoms with van der Waals surface area (Å²) in [5.41, 5.74) is 3.67. The minimum absolute atomic E-state index is 0.250. The molecule has 1 aromatic carbocycles. The van der Waals surface area contributed by atoms with Gasteiger partial charge in [0.05, 0.1) is 5.69 Å². The van der Waals surface area contributed by atoms with E-state index in [0.717, 1.165) is 48.2 Å². The predicted octanol–water partition coefficient (Wildman–Crippen LogP) is 4.68. The minimum atomic E-state index is -0.250. The number of nitrogens with one attached hydrogen (secondary N) is 2. The third kappa shape index (κ3) is 7.10. The lowest BCUT2D eigenvalue weighted by Gasteiger charge is -2.22. The van der Waals surface area contributed by atoms with E-state index in [4.69, 9.17) is 19.6 Å². The Labute approximate surface area is 180 Å². The number of carboxylic acid groups (broad SMARTS) is 1. The fourth-order valence-electron chi connectivity index (χ4n) is 3.51. The normalized spacial score (nSPS) is 16.6. The molecule has 0 atom stereocenters. The highest BCUT2D eigenvalue weighted by molar-refractivity contribution is 9.10. The van der Waals surface area contributed by atoms with Crippen LogP contribution in [0.1, 0.15) is 42.9 Å². The summed E-state index contributed by atoms with van der Waals surface area (Å²) in [7, 11) is 0. The smallest absolute Gasteiger partial charge is 0.290 e. The molecule has 3 N–H and O–H groups in total. The molecule has 2 heterocycles. The number of aromatic nitrogens is 1. The third-order valence-electron chi connectivity index (χ3n) is 5.16. The van der Waals surface area contributed by atoms with Gasteiger partial charge in [-0.05, 0) is 68.0 Å². The molecule has 2 aliphatic rings. The van der Waals surface area contributed by atoms with Crippen LogP contribution in [0.25, 0.3) is 0 Å². The van der Waals surface area contributed by atoms with Crippen LogP contribution in [0.5, 0.6) is 0 Å². The third-order valence-corrected chi connectivity index (χ3v) is 5.66. The van der Waals surface area contributed by atoms with E-state index in [9.17, 15) is 0 Å². The molecule has 1 aliphatic carbocycles. The first-order valence-electron chi connectivity index (χ1n) is 10.1. The first-order valence-corrected chi connectivity index (χ1v) is 10.9. The molecule has 0 spiro atoms. The molecule has 7 heteroatoms. The first kappa shape index (κ1) is 21.7. The summed E-state index contributed by atoms with van der Waals surface area (Å²) in [6.07, 6.45) is 4.88. The van der Waals surface area contributed by atoms with Crippen LogP contribution < -0.4 is 10.6 Å². The van der Waals surface area contributed by atoms with Gasteiger partial charge >= 0.3 is 0 Å². The maximum absolute atomic E-state index is 8.36. The fraction of sp³-hybridized carbons (Fsp3) is 0.455. The van der Waals surface area contributed by atoms with E-state index < -0.39 is 0 Å². The average molecular weight is 462 g/mol. The molecule has 156 valence electrons. The van der Waals surface area contributed by atoms with E-state index in [1.165, 1.54) is 36.9 Å². The molecule has 1 aromatic heterocycles. The van der Waals surface area contributed by atoms with Crippen molar-refractivity contribution in [2.75, 3.05) is 25.1 Å². The summed E-state index contributed by atoms with van der Waals surface area (Å²) in [5, 5.41) is 14.0. The van der Waals surface area contributed by atoms with Crippen LogP contribution in [0, 0.1) is 5.92 Å². The second kappa shape index (κ2) is 11.3. The number of carbonyl (C=O) groups is 1. The highest BCUT2D eigenvalue weighted by Crippen LogP contribution is 2.41. The molecule has 0 radical (unpaired) electrons. The van der Waals surface area contributed by atoms with Crippen molar-refractivity contribution in [2.45, 2.75) is 38.1 Å². The Balaban J connectivity index is 0.000000755. The number of ether oxygens (including phenoxy) is 1.